The van der Waals surface area contributed by atoms with Gasteiger partial charge in [-0.3, -0.25) is 4.79 Å². The molecule has 7 heteroatoms. The van der Waals surface area contributed by atoms with Gasteiger partial charge in [-0.2, -0.15) is 16.1 Å². The number of aromatic nitrogens is 2. The van der Waals surface area contributed by atoms with Gasteiger partial charge in [0.25, 0.3) is 0 Å². The number of thioether (sulfide) groups is 1. The van der Waals surface area contributed by atoms with Gasteiger partial charge in [0.15, 0.2) is 0 Å². The van der Waals surface area contributed by atoms with Crippen molar-refractivity contribution >= 4 is 34.3 Å². The Morgan fingerprint density at radius 2 is 2.10 bits per heavy atom. The van der Waals surface area contributed by atoms with E-state index in [2.05, 4.69) is 19.2 Å². The van der Waals surface area contributed by atoms with Crippen LogP contribution in [0.1, 0.15) is 18.7 Å². The number of nitrogens with zero attached hydrogens (tertiary/aromatic N) is 4. The van der Waals surface area contributed by atoms with Crippen LogP contribution in [0.4, 0.5) is 5.13 Å². The SMILES string of the molecule is Cc1nsc(N2CCCC(C(=O)N3CCSCC3)C2)n1. The standard InChI is InChI=1S/C13H20N4OS2/c1-10-14-13(20-15-10)17-4-2-3-11(9-17)12(18)16-5-7-19-8-6-16/h11H,2-9H2,1H3. The summed E-state index contributed by atoms with van der Waals surface area (Å²) in [5, 5.41) is 0.967. The minimum Gasteiger partial charge on any atom is -0.346 e. The number of piperidine rings is 1. The zero-order valence-electron chi connectivity index (χ0n) is 11.7. The second kappa shape index (κ2) is 6.30. The van der Waals surface area contributed by atoms with Crippen molar-refractivity contribution in [1.29, 1.82) is 0 Å². The van der Waals surface area contributed by atoms with Crippen molar-refractivity contribution < 1.29 is 4.79 Å². The third-order valence-corrected chi connectivity index (χ3v) is 5.69. The molecule has 2 saturated heterocycles. The van der Waals surface area contributed by atoms with Gasteiger partial charge in [0.2, 0.25) is 11.0 Å². The van der Waals surface area contributed by atoms with Crippen LogP contribution in [-0.4, -0.2) is 57.8 Å². The Morgan fingerprint density at radius 1 is 1.30 bits per heavy atom. The molecule has 1 aromatic rings. The van der Waals surface area contributed by atoms with Crippen LogP contribution >= 0.6 is 23.3 Å². The lowest BCUT2D eigenvalue weighted by atomic mass is 9.97. The van der Waals surface area contributed by atoms with E-state index < -0.39 is 0 Å². The van der Waals surface area contributed by atoms with E-state index in [4.69, 9.17) is 0 Å². The molecule has 2 aliphatic rings. The number of carbonyl (C=O) groups excluding carboxylic acids is 1. The number of amides is 1. The highest BCUT2D eigenvalue weighted by atomic mass is 32.2. The van der Waals surface area contributed by atoms with Gasteiger partial charge in [0.05, 0.1) is 5.92 Å². The van der Waals surface area contributed by atoms with Crippen molar-refractivity contribution in [2.45, 2.75) is 19.8 Å². The highest BCUT2D eigenvalue weighted by Gasteiger charge is 2.31. The Morgan fingerprint density at radius 3 is 2.80 bits per heavy atom. The topological polar surface area (TPSA) is 49.3 Å². The molecule has 0 saturated carbocycles. The third-order valence-electron chi connectivity index (χ3n) is 3.88. The number of anilines is 1. The second-order valence-electron chi connectivity index (χ2n) is 5.35. The van der Waals surface area contributed by atoms with E-state index in [1.165, 1.54) is 11.5 Å². The van der Waals surface area contributed by atoms with Crippen LogP contribution in [0.3, 0.4) is 0 Å². The maximum atomic E-state index is 12.6. The molecule has 0 aromatic carbocycles. The number of hydrogen-bond donors (Lipinski definition) is 0. The average molecular weight is 312 g/mol. The zero-order chi connectivity index (χ0) is 13.9. The second-order valence-corrected chi connectivity index (χ2v) is 7.30. The fraction of sp³-hybridized carbons (Fsp3) is 0.769. The molecule has 5 nitrogen and oxygen atoms in total. The first-order valence-electron chi connectivity index (χ1n) is 7.16. The van der Waals surface area contributed by atoms with Gasteiger partial charge in [-0.05, 0) is 19.8 Å². The largest absolute Gasteiger partial charge is 0.346 e. The normalized spacial score (nSPS) is 23.9. The first-order chi connectivity index (χ1) is 9.74. The molecule has 2 aliphatic heterocycles. The molecule has 3 rings (SSSR count). The molecule has 0 radical (unpaired) electrons. The Labute approximate surface area is 127 Å². The number of carbonyl (C=O) groups is 1. The monoisotopic (exact) mass is 312 g/mol. The highest BCUT2D eigenvalue weighted by molar-refractivity contribution is 7.99. The lowest BCUT2D eigenvalue weighted by molar-refractivity contribution is -0.135. The molecule has 2 fully saturated rings. The Bertz CT molecular complexity index is 473. The summed E-state index contributed by atoms with van der Waals surface area (Å²) in [6.45, 7) is 5.54. The predicted octanol–water partition coefficient (Wildman–Crippen LogP) is 1.64. The van der Waals surface area contributed by atoms with Gasteiger partial charge >= 0.3 is 0 Å². The van der Waals surface area contributed by atoms with Gasteiger partial charge in [-0.15, -0.1) is 0 Å². The fourth-order valence-corrected chi connectivity index (χ4v) is 4.42. The summed E-state index contributed by atoms with van der Waals surface area (Å²) < 4.78 is 4.24. The minimum absolute atomic E-state index is 0.135. The van der Waals surface area contributed by atoms with E-state index in [0.29, 0.717) is 5.91 Å². The zero-order valence-corrected chi connectivity index (χ0v) is 13.4. The Balaban J connectivity index is 1.63. The summed E-state index contributed by atoms with van der Waals surface area (Å²) in [6, 6.07) is 0. The summed E-state index contributed by atoms with van der Waals surface area (Å²) in [7, 11) is 0. The van der Waals surface area contributed by atoms with Gasteiger partial charge in [-0.25, -0.2) is 4.98 Å². The van der Waals surface area contributed by atoms with Crippen molar-refractivity contribution in [1.82, 2.24) is 14.3 Å². The highest BCUT2D eigenvalue weighted by Crippen LogP contribution is 2.26. The van der Waals surface area contributed by atoms with Crippen LogP contribution in [0, 0.1) is 12.8 Å². The van der Waals surface area contributed by atoms with Gasteiger partial charge in [0, 0.05) is 49.2 Å². The number of aryl methyl sites for hydroxylation is 1. The molecule has 0 aliphatic carbocycles. The maximum absolute atomic E-state index is 12.6. The van der Waals surface area contributed by atoms with Crippen molar-refractivity contribution in [2.75, 3.05) is 42.6 Å². The van der Waals surface area contributed by atoms with E-state index in [9.17, 15) is 4.79 Å². The van der Waals surface area contributed by atoms with Crippen LogP contribution in [0.2, 0.25) is 0 Å². The van der Waals surface area contributed by atoms with Gasteiger partial charge < -0.3 is 9.80 Å². The average Bonchev–Trinajstić information content (AvgIpc) is 2.94. The lowest BCUT2D eigenvalue weighted by Gasteiger charge is -2.35. The molecule has 1 atom stereocenters. The maximum Gasteiger partial charge on any atom is 0.227 e. The van der Waals surface area contributed by atoms with E-state index in [0.717, 1.165) is 61.5 Å². The summed E-state index contributed by atoms with van der Waals surface area (Å²) in [6.07, 6.45) is 2.08. The fourth-order valence-electron chi connectivity index (χ4n) is 2.81. The van der Waals surface area contributed by atoms with E-state index in [-0.39, 0.29) is 5.92 Å². The van der Waals surface area contributed by atoms with Crippen molar-refractivity contribution in [3.05, 3.63) is 5.82 Å². The molecule has 3 heterocycles. The third kappa shape index (κ3) is 3.09. The molecule has 110 valence electrons. The first-order valence-corrected chi connectivity index (χ1v) is 9.08. The summed E-state index contributed by atoms with van der Waals surface area (Å²) >= 11 is 3.38. The Hall–Kier alpha value is -0.820. The summed E-state index contributed by atoms with van der Waals surface area (Å²) in [5.41, 5.74) is 0. The number of hydrogen-bond acceptors (Lipinski definition) is 6. The minimum atomic E-state index is 0.135. The summed E-state index contributed by atoms with van der Waals surface area (Å²) in [5.74, 6) is 3.47. The van der Waals surface area contributed by atoms with Gasteiger partial charge in [-0.1, -0.05) is 0 Å². The van der Waals surface area contributed by atoms with Crippen LogP contribution in [0.25, 0.3) is 0 Å². The van der Waals surface area contributed by atoms with E-state index in [1.807, 2.05) is 18.7 Å². The molecule has 1 unspecified atom stereocenters. The van der Waals surface area contributed by atoms with Crippen molar-refractivity contribution in [3.8, 4) is 0 Å². The quantitative estimate of drug-likeness (QED) is 0.831. The molecule has 0 bridgehead atoms. The van der Waals surface area contributed by atoms with Crippen LogP contribution in [-0.2, 0) is 4.79 Å². The molecule has 1 amide bonds. The number of rotatable bonds is 2. The molecule has 0 N–H and O–H groups in total. The van der Waals surface area contributed by atoms with E-state index >= 15 is 0 Å². The van der Waals surface area contributed by atoms with Crippen molar-refractivity contribution in [3.63, 3.8) is 0 Å². The lowest BCUT2D eigenvalue weighted by Crippen LogP contribution is -2.47. The molecule has 1 aromatic heterocycles. The van der Waals surface area contributed by atoms with Gasteiger partial charge in [0.1, 0.15) is 5.82 Å². The van der Waals surface area contributed by atoms with Crippen molar-refractivity contribution in [2.24, 2.45) is 5.92 Å². The molecule has 0 spiro atoms. The molecule has 20 heavy (non-hydrogen) atoms. The first kappa shape index (κ1) is 14.1. The smallest absolute Gasteiger partial charge is 0.227 e. The van der Waals surface area contributed by atoms with Crippen LogP contribution in [0.15, 0.2) is 0 Å². The summed E-state index contributed by atoms with van der Waals surface area (Å²) in [4.78, 5) is 21.3. The van der Waals surface area contributed by atoms with Crippen LogP contribution < -0.4 is 4.90 Å². The molecular weight excluding hydrogens is 292 g/mol. The predicted molar refractivity (Wildman–Crippen MR) is 83.5 cm³/mol. The molecular formula is C13H20N4OS2. The van der Waals surface area contributed by atoms with Crippen LogP contribution in [0.5, 0.6) is 0 Å². The van der Waals surface area contributed by atoms with E-state index in [1.54, 1.807) is 0 Å². The Kier molecular flexibility index (Phi) is 4.45.